The maximum Gasteiger partial charge on any atom is 0.268 e. The first kappa shape index (κ1) is 17.8. The fourth-order valence-electron chi connectivity index (χ4n) is 2.83. The predicted molar refractivity (Wildman–Crippen MR) is 98.3 cm³/mol. The van der Waals surface area contributed by atoms with Gasteiger partial charge in [0.05, 0.1) is 11.6 Å². The number of thioether (sulfide) groups is 1. The van der Waals surface area contributed by atoms with Crippen LogP contribution in [-0.4, -0.2) is 51.7 Å². The molecule has 0 spiro atoms. The second-order valence-corrected chi connectivity index (χ2v) is 8.26. The molecule has 1 aromatic rings. The van der Waals surface area contributed by atoms with E-state index in [1.807, 2.05) is 51.1 Å². The Hall–Kier alpha value is -2.02. The molecule has 0 aliphatic carbocycles. The number of hydrogen-bond donors (Lipinski definition) is 1. The molecule has 2 aliphatic heterocycles. The van der Waals surface area contributed by atoms with Crippen LogP contribution in [0.1, 0.15) is 32.8 Å². The van der Waals surface area contributed by atoms with E-state index in [-0.39, 0.29) is 17.4 Å². The zero-order chi connectivity index (χ0) is 18.0. The van der Waals surface area contributed by atoms with E-state index >= 15 is 0 Å². The number of rotatable bonds is 3. The minimum absolute atomic E-state index is 0.118. The van der Waals surface area contributed by atoms with Crippen molar-refractivity contribution in [2.24, 2.45) is 5.16 Å². The molecule has 25 heavy (non-hydrogen) atoms. The SMILES string of the molecule is CC(C)(C)NC(=O)C1CSCN1C(=O)C1CC(c2ccccc2)=NO1. The van der Waals surface area contributed by atoms with Crippen LogP contribution in [0.15, 0.2) is 35.5 Å². The van der Waals surface area contributed by atoms with Crippen molar-refractivity contribution in [3.05, 3.63) is 35.9 Å². The maximum atomic E-state index is 12.8. The van der Waals surface area contributed by atoms with Crippen molar-refractivity contribution >= 4 is 29.3 Å². The third-order valence-corrected chi connectivity index (χ3v) is 5.03. The predicted octanol–water partition coefficient (Wildman–Crippen LogP) is 2.00. The summed E-state index contributed by atoms with van der Waals surface area (Å²) in [5.41, 5.74) is 1.39. The lowest BCUT2D eigenvalue weighted by Crippen LogP contribution is -2.54. The first-order valence-electron chi connectivity index (χ1n) is 8.33. The number of amides is 2. The standard InChI is InChI=1S/C18H23N3O3S/c1-18(2,3)19-16(22)14-10-25-11-21(14)17(23)15-9-13(20-24-15)12-7-5-4-6-8-12/h4-8,14-15H,9-11H2,1-3H3,(H,19,22). The molecule has 134 valence electrons. The van der Waals surface area contributed by atoms with Gasteiger partial charge in [0.2, 0.25) is 12.0 Å². The Morgan fingerprint density at radius 3 is 2.68 bits per heavy atom. The third-order valence-electron chi connectivity index (χ3n) is 4.02. The molecule has 1 N–H and O–H groups in total. The van der Waals surface area contributed by atoms with Gasteiger partial charge in [0.1, 0.15) is 6.04 Å². The van der Waals surface area contributed by atoms with Crippen LogP contribution < -0.4 is 5.32 Å². The van der Waals surface area contributed by atoms with Crippen molar-refractivity contribution in [2.75, 3.05) is 11.6 Å². The average Bonchev–Trinajstić information content (AvgIpc) is 3.23. The molecular weight excluding hydrogens is 338 g/mol. The largest absolute Gasteiger partial charge is 0.382 e. The van der Waals surface area contributed by atoms with Crippen LogP contribution in [0.3, 0.4) is 0 Å². The molecular formula is C18H23N3O3S. The first-order valence-corrected chi connectivity index (χ1v) is 9.49. The number of oxime groups is 1. The van der Waals surface area contributed by atoms with Gasteiger partial charge in [0.25, 0.3) is 5.91 Å². The van der Waals surface area contributed by atoms with Crippen molar-refractivity contribution < 1.29 is 14.4 Å². The molecule has 6 nitrogen and oxygen atoms in total. The van der Waals surface area contributed by atoms with Crippen molar-refractivity contribution in [2.45, 2.75) is 44.9 Å². The van der Waals surface area contributed by atoms with E-state index in [0.717, 1.165) is 11.3 Å². The number of nitrogens with zero attached hydrogens (tertiary/aromatic N) is 2. The lowest BCUT2D eigenvalue weighted by molar-refractivity contribution is -0.146. The molecule has 0 bridgehead atoms. The zero-order valence-corrected chi connectivity index (χ0v) is 15.5. The van der Waals surface area contributed by atoms with Gasteiger partial charge in [-0.3, -0.25) is 9.59 Å². The van der Waals surface area contributed by atoms with E-state index in [1.54, 1.807) is 16.7 Å². The van der Waals surface area contributed by atoms with Crippen molar-refractivity contribution in [3.63, 3.8) is 0 Å². The summed E-state index contributed by atoms with van der Waals surface area (Å²) in [6.07, 6.45) is -0.226. The van der Waals surface area contributed by atoms with Gasteiger partial charge >= 0.3 is 0 Å². The fourth-order valence-corrected chi connectivity index (χ4v) is 3.99. The molecule has 0 radical (unpaired) electrons. The van der Waals surface area contributed by atoms with Crippen LogP contribution in [0.5, 0.6) is 0 Å². The molecule has 7 heteroatoms. The number of carbonyl (C=O) groups is 2. The first-order chi connectivity index (χ1) is 11.8. The average molecular weight is 361 g/mol. The smallest absolute Gasteiger partial charge is 0.268 e. The van der Waals surface area contributed by atoms with Crippen LogP contribution >= 0.6 is 11.8 Å². The summed E-state index contributed by atoms with van der Waals surface area (Å²) in [7, 11) is 0. The fraction of sp³-hybridized carbons (Fsp3) is 0.500. The maximum absolute atomic E-state index is 12.8. The van der Waals surface area contributed by atoms with Crippen LogP contribution in [0.25, 0.3) is 0 Å². The molecule has 1 saturated heterocycles. The Morgan fingerprint density at radius 2 is 2.00 bits per heavy atom. The Labute approximate surface area is 152 Å². The summed E-state index contributed by atoms with van der Waals surface area (Å²) in [5, 5.41) is 7.03. The van der Waals surface area contributed by atoms with Gasteiger partial charge < -0.3 is 15.1 Å². The van der Waals surface area contributed by atoms with Gasteiger partial charge in [-0.15, -0.1) is 11.8 Å². The second kappa shape index (κ2) is 7.07. The third kappa shape index (κ3) is 4.15. The van der Waals surface area contributed by atoms with Crippen molar-refractivity contribution in [1.29, 1.82) is 0 Å². The molecule has 2 atom stereocenters. The summed E-state index contributed by atoms with van der Waals surface area (Å²) in [6, 6.07) is 9.22. The number of carbonyl (C=O) groups excluding carboxylic acids is 2. The topological polar surface area (TPSA) is 71.0 Å². The molecule has 1 fully saturated rings. The number of nitrogens with one attached hydrogen (secondary N) is 1. The zero-order valence-electron chi connectivity index (χ0n) is 14.7. The quantitative estimate of drug-likeness (QED) is 0.894. The molecule has 2 amide bonds. The van der Waals surface area contributed by atoms with Crippen LogP contribution in [0, 0.1) is 0 Å². The summed E-state index contributed by atoms with van der Waals surface area (Å²) in [6.45, 7) is 5.79. The Balaban J connectivity index is 1.64. The lowest BCUT2D eigenvalue weighted by Gasteiger charge is -2.28. The van der Waals surface area contributed by atoms with Gasteiger partial charge in [-0.2, -0.15) is 0 Å². The van der Waals surface area contributed by atoms with E-state index in [1.165, 1.54) is 0 Å². The number of benzene rings is 1. The molecule has 3 rings (SSSR count). The second-order valence-electron chi connectivity index (χ2n) is 7.27. The van der Waals surface area contributed by atoms with E-state index < -0.39 is 12.1 Å². The minimum atomic E-state index is -0.654. The molecule has 0 aromatic heterocycles. The summed E-state index contributed by atoms with van der Waals surface area (Å²) in [5.74, 6) is 0.816. The van der Waals surface area contributed by atoms with E-state index in [9.17, 15) is 9.59 Å². The molecule has 2 unspecified atom stereocenters. The van der Waals surface area contributed by atoms with Gasteiger partial charge in [0, 0.05) is 17.7 Å². The summed E-state index contributed by atoms with van der Waals surface area (Å²) < 4.78 is 0. The molecule has 2 heterocycles. The van der Waals surface area contributed by atoms with Crippen molar-refractivity contribution in [1.82, 2.24) is 10.2 Å². The highest BCUT2D eigenvalue weighted by molar-refractivity contribution is 7.99. The highest BCUT2D eigenvalue weighted by Crippen LogP contribution is 2.26. The van der Waals surface area contributed by atoms with E-state index in [4.69, 9.17) is 4.84 Å². The van der Waals surface area contributed by atoms with Gasteiger partial charge in [-0.25, -0.2) is 0 Å². The monoisotopic (exact) mass is 361 g/mol. The molecule has 1 aromatic carbocycles. The Bertz CT molecular complexity index is 685. The van der Waals surface area contributed by atoms with Crippen LogP contribution in [-0.2, 0) is 14.4 Å². The van der Waals surface area contributed by atoms with Gasteiger partial charge in [0.15, 0.2) is 0 Å². The minimum Gasteiger partial charge on any atom is -0.382 e. The normalized spacial score (nSPS) is 23.2. The summed E-state index contributed by atoms with van der Waals surface area (Å²) in [4.78, 5) is 32.3. The highest BCUT2D eigenvalue weighted by Gasteiger charge is 2.41. The van der Waals surface area contributed by atoms with E-state index in [0.29, 0.717) is 18.1 Å². The Kier molecular flexibility index (Phi) is 5.03. The van der Waals surface area contributed by atoms with Crippen LogP contribution in [0.4, 0.5) is 0 Å². The van der Waals surface area contributed by atoms with Gasteiger partial charge in [-0.05, 0) is 26.3 Å². The van der Waals surface area contributed by atoms with Crippen LogP contribution in [0.2, 0.25) is 0 Å². The van der Waals surface area contributed by atoms with Gasteiger partial charge in [-0.1, -0.05) is 35.5 Å². The van der Waals surface area contributed by atoms with E-state index in [2.05, 4.69) is 10.5 Å². The highest BCUT2D eigenvalue weighted by atomic mass is 32.2. The molecule has 0 saturated carbocycles. The van der Waals surface area contributed by atoms with Crippen molar-refractivity contribution in [3.8, 4) is 0 Å². The Morgan fingerprint density at radius 1 is 1.28 bits per heavy atom. The lowest BCUT2D eigenvalue weighted by atomic mass is 10.0. The number of hydrogen-bond acceptors (Lipinski definition) is 5. The molecule has 2 aliphatic rings. The summed E-state index contributed by atoms with van der Waals surface area (Å²) >= 11 is 1.58.